The number of carbonyl (C=O) groups excluding carboxylic acids is 1. The fourth-order valence-electron chi connectivity index (χ4n) is 3.86. The Bertz CT molecular complexity index is 1650. The first kappa shape index (κ1) is 22.8. The Morgan fingerprint density at radius 1 is 1.22 bits per heavy atom. The van der Waals surface area contributed by atoms with Crippen molar-refractivity contribution in [3.05, 3.63) is 92.8 Å². The monoisotopic (exact) mass is 488 g/mol. The molecule has 3 heterocycles. The van der Waals surface area contributed by atoms with Crippen LogP contribution in [0.25, 0.3) is 22.0 Å². The van der Waals surface area contributed by atoms with E-state index in [1.165, 1.54) is 41.0 Å². The van der Waals surface area contributed by atoms with Crippen molar-refractivity contribution in [3.8, 4) is 5.75 Å². The molecule has 5 rings (SSSR count). The van der Waals surface area contributed by atoms with E-state index in [9.17, 15) is 19.7 Å². The van der Waals surface area contributed by atoms with E-state index in [1.54, 1.807) is 24.3 Å². The molecule has 1 amide bonds. The van der Waals surface area contributed by atoms with Gasteiger partial charge in [-0.1, -0.05) is 24.3 Å². The fraction of sp³-hybridized carbons (Fsp3) is 0.167. The first-order valence-corrected chi connectivity index (χ1v) is 10.9. The second kappa shape index (κ2) is 9.33. The van der Waals surface area contributed by atoms with Crippen LogP contribution >= 0.6 is 0 Å². The molecule has 0 saturated heterocycles. The number of benzene rings is 2. The highest BCUT2D eigenvalue weighted by Crippen LogP contribution is 2.28. The normalized spacial score (nSPS) is 11.1. The molecular weight excluding hydrogens is 468 g/mol. The third-order valence-corrected chi connectivity index (χ3v) is 5.68. The minimum atomic E-state index is -0.478. The average Bonchev–Trinajstić information content (AvgIpc) is 3.51. The molecule has 0 atom stereocenters. The smallest absolute Gasteiger partial charge is 0.287 e. The quantitative estimate of drug-likeness (QED) is 0.259. The average molecular weight is 488 g/mol. The number of amides is 1. The second-order valence-electron chi connectivity index (χ2n) is 7.95. The Labute approximate surface area is 202 Å². The molecule has 0 bridgehead atoms. The summed E-state index contributed by atoms with van der Waals surface area (Å²) in [5.74, 6) is 0.315. The zero-order chi connectivity index (χ0) is 25.2. The third-order valence-electron chi connectivity index (χ3n) is 5.68. The second-order valence-corrected chi connectivity index (χ2v) is 7.95. The summed E-state index contributed by atoms with van der Waals surface area (Å²) in [5.41, 5.74) is 1.31. The molecule has 182 valence electrons. The van der Waals surface area contributed by atoms with Gasteiger partial charge in [-0.2, -0.15) is 5.10 Å². The van der Waals surface area contributed by atoms with Crippen LogP contribution in [0.3, 0.4) is 0 Å². The van der Waals surface area contributed by atoms with Gasteiger partial charge < -0.3 is 14.5 Å². The van der Waals surface area contributed by atoms with Crippen LogP contribution in [-0.4, -0.2) is 43.8 Å². The van der Waals surface area contributed by atoms with Gasteiger partial charge in [0.25, 0.3) is 17.2 Å². The molecule has 0 aliphatic rings. The van der Waals surface area contributed by atoms with Gasteiger partial charge in [0.2, 0.25) is 0 Å². The highest BCUT2D eigenvalue weighted by molar-refractivity contribution is 5.97. The van der Waals surface area contributed by atoms with Crippen molar-refractivity contribution in [1.29, 1.82) is 0 Å². The van der Waals surface area contributed by atoms with Gasteiger partial charge in [-0.05, 0) is 17.7 Å². The van der Waals surface area contributed by atoms with E-state index in [2.05, 4.69) is 15.4 Å². The Balaban J connectivity index is 1.26. The molecule has 0 unspecified atom stereocenters. The standard InChI is InChI=1S/C24H20N6O6/c1-35-19-4-2-3-16-11-20(36-21(16)19)23(31)25-9-10-29-22-18(12-27-29)24(32)28(14-26-22)13-15-5-7-17(8-6-15)30(33)34/h2-8,11-12,14H,9-10,13H2,1H3,(H,25,31). The summed E-state index contributed by atoms with van der Waals surface area (Å²) in [5, 5.41) is 18.9. The molecule has 0 aliphatic carbocycles. The lowest BCUT2D eigenvalue weighted by Gasteiger charge is -2.07. The molecule has 2 aromatic carbocycles. The zero-order valence-corrected chi connectivity index (χ0v) is 19.1. The molecule has 1 N–H and O–H groups in total. The number of fused-ring (bicyclic) bond motifs is 2. The number of non-ortho nitro benzene ring substituents is 1. The van der Waals surface area contributed by atoms with Gasteiger partial charge in [0.1, 0.15) is 11.7 Å². The highest BCUT2D eigenvalue weighted by atomic mass is 16.6. The summed E-state index contributed by atoms with van der Waals surface area (Å²) in [6.45, 7) is 0.734. The van der Waals surface area contributed by atoms with E-state index in [1.807, 2.05) is 12.1 Å². The minimum absolute atomic E-state index is 0.0203. The number of aromatic nitrogens is 4. The van der Waals surface area contributed by atoms with Gasteiger partial charge in [0, 0.05) is 24.1 Å². The number of nitro groups is 1. The lowest BCUT2D eigenvalue weighted by atomic mass is 10.2. The number of nitrogens with one attached hydrogen (secondary N) is 1. The van der Waals surface area contributed by atoms with E-state index >= 15 is 0 Å². The van der Waals surface area contributed by atoms with Gasteiger partial charge in [0.05, 0.1) is 31.3 Å². The van der Waals surface area contributed by atoms with Crippen molar-refractivity contribution in [1.82, 2.24) is 24.6 Å². The zero-order valence-electron chi connectivity index (χ0n) is 19.1. The van der Waals surface area contributed by atoms with Crippen LogP contribution < -0.4 is 15.6 Å². The maximum atomic E-state index is 12.9. The Morgan fingerprint density at radius 2 is 2.03 bits per heavy atom. The molecule has 12 nitrogen and oxygen atoms in total. The Hall–Kier alpha value is -5.00. The van der Waals surface area contributed by atoms with Crippen LogP contribution in [0.2, 0.25) is 0 Å². The highest BCUT2D eigenvalue weighted by Gasteiger charge is 2.15. The van der Waals surface area contributed by atoms with Crippen molar-refractivity contribution < 1.29 is 18.9 Å². The van der Waals surface area contributed by atoms with Gasteiger partial charge in [-0.25, -0.2) is 9.67 Å². The number of ether oxygens (including phenoxy) is 1. The first-order chi connectivity index (χ1) is 17.4. The number of methoxy groups -OCH3 is 1. The predicted octanol–water partition coefficient (Wildman–Crippen LogP) is 2.73. The number of nitrogens with zero attached hydrogens (tertiary/aromatic N) is 5. The van der Waals surface area contributed by atoms with Crippen molar-refractivity contribution >= 4 is 33.6 Å². The van der Waals surface area contributed by atoms with E-state index in [0.29, 0.717) is 22.4 Å². The molecule has 0 aliphatic heterocycles. The first-order valence-electron chi connectivity index (χ1n) is 10.9. The van der Waals surface area contributed by atoms with E-state index in [4.69, 9.17) is 9.15 Å². The summed E-state index contributed by atoms with van der Waals surface area (Å²) in [4.78, 5) is 40.1. The Kier molecular flexibility index (Phi) is 5.90. The Morgan fingerprint density at radius 3 is 2.78 bits per heavy atom. The molecule has 36 heavy (non-hydrogen) atoms. The lowest BCUT2D eigenvalue weighted by Crippen LogP contribution is -2.27. The van der Waals surface area contributed by atoms with Crippen molar-refractivity contribution in [2.75, 3.05) is 13.7 Å². The molecule has 0 saturated carbocycles. The van der Waals surface area contributed by atoms with Crippen LogP contribution in [0.4, 0.5) is 5.69 Å². The number of nitro benzene ring substituents is 1. The van der Waals surface area contributed by atoms with E-state index in [-0.39, 0.29) is 42.5 Å². The SMILES string of the molecule is COc1cccc2cc(C(=O)NCCn3ncc4c(=O)n(Cc5ccc([N+](=O)[O-])cc5)cnc43)oc12. The van der Waals surface area contributed by atoms with Crippen LogP contribution in [-0.2, 0) is 13.1 Å². The molecule has 0 radical (unpaired) electrons. The number of furan rings is 1. The van der Waals surface area contributed by atoms with Crippen LogP contribution in [0.15, 0.2) is 70.3 Å². The molecular formula is C24H20N6O6. The number of rotatable bonds is 8. The molecule has 5 aromatic rings. The van der Waals surface area contributed by atoms with E-state index < -0.39 is 4.92 Å². The van der Waals surface area contributed by atoms with Gasteiger partial charge in [-0.15, -0.1) is 0 Å². The number of hydrogen-bond donors (Lipinski definition) is 1. The molecule has 0 fully saturated rings. The summed E-state index contributed by atoms with van der Waals surface area (Å²) in [6, 6.07) is 13.0. The number of hydrogen-bond acceptors (Lipinski definition) is 8. The maximum absolute atomic E-state index is 12.9. The van der Waals surface area contributed by atoms with Crippen molar-refractivity contribution in [3.63, 3.8) is 0 Å². The van der Waals surface area contributed by atoms with Crippen LogP contribution in [0, 0.1) is 10.1 Å². The summed E-state index contributed by atoms with van der Waals surface area (Å²) in [6.07, 6.45) is 2.84. The summed E-state index contributed by atoms with van der Waals surface area (Å²) in [7, 11) is 1.53. The summed E-state index contributed by atoms with van der Waals surface area (Å²) < 4.78 is 13.9. The van der Waals surface area contributed by atoms with Gasteiger partial charge in [-0.3, -0.25) is 24.3 Å². The minimum Gasteiger partial charge on any atom is -0.493 e. The lowest BCUT2D eigenvalue weighted by molar-refractivity contribution is -0.384. The van der Waals surface area contributed by atoms with Crippen LogP contribution in [0.1, 0.15) is 16.1 Å². The topological polar surface area (TPSA) is 147 Å². The fourth-order valence-corrected chi connectivity index (χ4v) is 3.86. The molecule has 12 heteroatoms. The van der Waals surface area contributed by atoms with E-state index in [0.717, 1.165) is 10.9 Å². The third kappa shape index (κ3) is 4.27. The van der Waals surface area contributed by atoms with Gasteiger partial charge >= 0.3 is 0 Å². The molecule has 3 aromatic heterocycles. The summed E-state index contributed by atoms with van der Waals surface area (Å²) >= 11 is 0. The van der Waals surface area contributed by atoms with Crippen molar-refractivity contribution in [2.45, 2.75) is 13.1 Å². The largest absolute Gasteiger partial charge is 0.493 e. The number of carbonyl (C=O) groups is 1. The predicted molar refractivity (Wildman–Crippen MR) is 129 cm³/mol. The van der Waals surface area contributed by atoms with Gasteiger partial charge in [0.15, 0.2) is 22.7 Å². The van der Waals surface area contributed by atoms with Crippen molar-refractivity contribution in [2.24, 2.45) is 0 Å². The maximum Gasteiger partial charge on any atom is 0.287 e. The van der Waals surface area contributed by atoms with Crippen LogP contribution in [0.5, 0.6) is 5.75 Å². The number of para-hydroxylation sites is 1. The molecule has 0 spiro atoms.